The quantitative estimate of drug-likeness (QED) is 0.631. The third kappa shape index (κ3) is 15.6. The molecule has 1 nitrogen and oxygen atoms in total. The third-order valence-corrected chi connectivity index (χ3v) is 1.70. The maximum Gasteiger partial charge on any atom is 0.132 e. The van der Waals surface area contributed by atoms with Crippen molar-refractivity contribution in [2.75, 3.05) is 0 Å². The topological polar surface area (TPSA) is 17.1 Å². The number of hydrogen-bond acceptors (Lipinski definition) is 1. The number of rotatable bonds is 3. The summed E-state index contributed by atoms with van der Waals surface area (Å²) >= 11 is 0. The highest BCUT2D eigenvalue weighted by molar-refractivity contribution is 5.80. The van der Waals surface area contributed by atoms with Gasteiger partial charge in [0, 0.05) is 5.92 Å². The Hall–Kier alpha value is -1.11. The zero-order valence-electron chi connectivity index (χ0n) is 10.5. The first-order valence-electron chi connectivity index (χ1n) is 5.63. The van der Waals surface area contributed by atoms with Crippen LogP contribution in [0.2, 0.25) is 0 Å². The van der Waals surface area contributed by atoms with Gasteiger partial charge in [-0.1, -0.05) is 50.8 Å². The minimum atomic E-state index is 0.370. The molecule has 0 heterocycles. The molecule has 15 heavy (non-hydrogen) atoms. The molecule has 0 aromatic carbocycles. The molecular weight excluding hydrogens is 184 g/mol. The van der Waals surface area contributed by atoms with Crippen LogP contribution in [0.25, 0.3) is 0 Å². The average Bonchev–Trinajstić information content (AvgIpc) is 3.06. The van der Waals surface area contributed by atoms with E-state index in [0.29, 0.717) is 11.7 Å². The molecule has 0 N–H and O–H groups in total. The Balaban J connectivity index is 0. The van der Waals surface area contributed by atoms with Crippen LogP contribution in [-0.2, 0) is 4.79 Å². The maximum absolute atomic E-state index is 10.2. The van der Waals surface area contributed by atoms with E-state index in [-0.39, 0.29) is 0 Å². The maximum atomic E-state index is 10.2. The molecule has 1 aliphatic rings. The van der Waals surface area contributed by atoms with E-state index < -0.39 is 0 Å². The van der Waals surface area contributed by atoms with Gasteiger partial charge in [-0.2, -0.15) is 0 Å². The predicted octanol–water partition coefficient (Wildman–Crippen LogP) is 4.32. The Bertz CT molecular complexity index is 207. The Morgan fingerprint density at radius 1 is 1.20 bits per heavy atom. The van der Waals surface area contributed by atoms with Gasteiger partial charge >= 0.3 is 0 Å². The fourth-order valence-corrected chi connectivity index (χ4v) is 0.744. The van der Waals surface area contributed by atoms with Crippen LogP contribution in [0.1, 0.15) is 40.5 Å². The van der Waals surface area contributed by atoms with Crippen molar-refractivity contribution in [2.45, 2.75) is 40.5 Å². The normalized spacial score (nSPS) is 13.9. The first-order chi connectivity index (χ1) is 7.22. The standard InChI is InChI=1S/C7H10.C5H8O.C2H6/c1-3-5-7-6-4-2;1-4(6)5-2-3-5;1-2/h3-7H,1H2,2H3;5H,2-3H2,1H3;1-2H3/b6-4-,7-5-;;. The van der Waals surface area contributed by atoms with Crippen LogP contribution in [0.4, 0.5) is 0 Å². The number of carbonyl (C=O) groups excluding carboxylic acids is 1. The summed E-state index contributed by atoms with van der Waals surface area (Å²) in [7, 11) is 0. The van der Waals surface area contributed by atoms with Crippen LogP contribution < -0.4 is 0 Å². The van der Waals surface area contributed by atoms with Gasteiger partial charge in [0.2, 0.25) is 0 Å². The lowest BCUT2D eigenvalue weighted by atomic mass is 10.3. The van der Waals surface area contributed by atoms with Crippen LogP contribution >= 0.6 is 0 Å². The molecule has 1 fully saturated rings. The highest BCUT2D eigenvalue weighted by atomic mass is 16.1. The Labute approximate surface area is 94.6 Å². The molecule has 0 spiro atoms. The van der Waals surface area contributed by atoms with E-state index >= 15 is 0 Å². The first-order valence-corrected chi connectivity index (χ1v) is 5.63. The molecule has 0 aliphatic heterocycles. The van der Waals surface area contributed by atoms with Crippen LogP contribution in [0.5, 0.6) is 0 Å². The molecule has 86 valence electrons. The highest BCUT2D eigenvalue weighted by Crippen LogP contribution is 2.29. The van der Waals surface area contributed by atoms with Crippen LogP contribution in [0.3, 0.4) is 0 Å². The monoisotopic (exact) mass is 208 g/mol. The van der Waals surface area contributed by atoms with Gasteiger partial charge in [0.1, 0.15) is 5.78 Å². The zero-order chi connectivity index (χ0) is 12.1. The van der Waals surface area contributed by atoms with E-state index in [4.69, 9.17) is 0 Å². The van der Waals surface area contributed by atoms with E-state index in [1.165, 1.54) is 0 Å². The van der Waals surface area contributed by atoms with Crippen molar-refractivity contribution >= 4 is 5.78 Å². The summed E-state index contributed by atoms with van der Waals surface area (Å²) in [6.07, 6.45) is 11.8. The van der Waals surface area contributed by atoms with Gasteiger partial charge in [-0.3, -0.25) is 4.79 Å². The fourth-order valence-electron chi connectivity index (χ4n) is 0.744. The number of Topliss-reactive ketones (excluding diaryl/α,β-unsaturated/α-hetero) is 1. The molecule has 1 aliphatic carbocycles. The minimum Gasteiger partial charge on any atom is -0.300 e. The second-order valence-electron chi connectivity index (χ2n) is 3.03. The average molecular weight is 208 g/mol. The largest absolute Gasteiger partial charge is 0.300 e. The van der Waals surface area contributed by atoms with E-state index in [1.807, 2.05) is 45.1 Å². The molecule has 0 aromatic rings. The predicted molar refractivity (Wildman–Crippen MR) is 68.9 cm³/mol. The van der Waals surface area contributed by atoms with Crippen LogP contribution in [0, 0.1) is 5.92 Å². The van der Waals surface area contributed by atoms with E-state index in [0.717, 1.165) is 12.8 Å². The van der Waals surface area contributed by atoms with Gasteiger partial charge in [0.05, 0.1) is 0 Å². The smallest absolute Gasteiger partial charge is 0.132 e. The number of allylic oxidation sites excluding steroid dienone is 5. The summed E-state index contributed by atoms with van der Waals surface area (Å²) in [5.41, 5.74) is 0. The Morgan fingerprint density at radius 2 is 1.73 bits per heavy atom. The minimum absolute atomic E-state index is 0.370. The Morgan fingerprint density at radius 3 is 1.93 bits per heavy atom. The molecule has 0 saturated heterocycles. The van der Waals surface area contributed by atoms with Crippen molar-refractivity contribution in [3.05, 3.63) is 37.0 Å². The van der Waals surface area contributed by atoms with Crippen molar-refractivity contribution in [3.8, 4) is 0 Å². The van der Waals surface area contributed by atoms with E-state index in [1.54, 1.807) is 13.0 Å². The summed E-state index contributed by atoms with van der Waals surface area (Å²) in [5, 5.41) is 0. The van der Waals surface area contributed by atoms with Crippen molar-refractivity contribution in [1.29, 1.82) is 0 Å². The molecule has 1 rings (SSSR count). The lowest BCUT2D eigenvalue weighted by Gasteiger charge is -1.75. The van der Waals surface area contributed by atoms with Gasteiger partial charge in [0.25, 0.3) is 0 Å². The first kappa shape index (κ1) is 16.3. The molecule has 0 aromatic heterocycles. The van der Waals surface area contributed by atoms with Gasteiger partial charge in [0.15, 0.2) is 0 Å². The van der Waals surface area contributed by atoms with Crippen LogP contribution in [-0.4, -0.2) is 5.78 Å². The lowest BCUT2D eigenvalue weighted by Crippen LogP contribution is -1.88. The van der Waals surface area contributed by atoms with Gasteiger partial charge in [-0.15, -0.1) is 0 Å². The molecule has 1 heteroatoms. The third-order valence-electron chi connectivity index (χ3n) is 1.70. The van der Waals surface area contributed by atoms with Gasteiger partial charge in [-0.05, 0) is 26.7 Å². The second-order valence-corrected chi connectivity index (χ2v) is 3.03. The number of hydrogen-bond donors (Lipinski definition) is 0. The van der Waals surface area contributed by atoms with Crippen LogP contribution in [0.15, 0.2) is 37.0 Å². The summed E-state index contributed by atoms with van der Waals surface area (Å²) in [5.74, 6) is 0.833. The molecule has 0 radical (unpaired) electrons. The second kappa shape index (κ2) is 12.9. The van der Waals surface area contributed by atoms with Crippen molar-refractivity contribution < 1.29 is 4.79 Å². The van der Waals surface area contributed by atoms with Crippen molar-refractivity contribution in [1.82, 2.24) is 0 Å². The molecular formula is C14H24O. The molecule has 0 amide bonds. The summed E-state index contributed by atoms with van der Waals surface area (Å²) in [6.45, 7) is 11.2. The number of ketones is 1. The van der Waals surface area contributed by atoms with Crippen molar-refractivity contribution in [3.63, 3.8) is 0 Å². The Kier molecular flexibility index (Phi) is 14.0. The van der Waals surface area contributed by atoms with E-state index in [2.05, 4.69) is 6.58 Å². The molecule has 1 saturated carbocycles. The fraction of sp³-hybridized carbons (Fsp3) is 0.500. The highest BCUT2D eigenvalue weighted by Gasteiger charge is 2.25. The zero-order valence-corrected chi connectivity index (χ0v) is 10.5. The molecule has 0 bridgehead atoms. The molecule has 0 atom stereocenters. The summed E-state index contributed by atoms with van der Waals surface area (Å²) in [4.78, 5) is 10.2. The summed E-state index contributed by atoms with van der Waals surface area (Å²) in [6, 6.07) is 0. The van der Waals surface area contributed by atoms with Gasteiger partial charge in [-0.25, -0.2) is 0 Å². The number of carbonyl (C=O) groups is 1. The van der Waals surface area contributed by atoms with Crippen molar-refractivity contribution in [2.24, 2.45) is 5.92 Å². The lowest BCUT2D eigenvalue weighted by molar-refractivity contribution is -0.118. The van der Waals surface area contributed by atoms with E-state index in [9.17, 15) is 4.79 Å². The SMILES string of the molecule is C=C/C=C\C=C/C.CC.CC(=O)C1CC1. The van der Waals surface area contributed by atoms with Gasteiger partial charge < -0.3 is 0 Å². The summed E-state index contributed by atoms with van der Waals surface area (Å²) < 4.78 is 0. The molecule has 0 unspecified atom stereocenters.